The number of carbonyl (C=O) groups excluding carboxylic acids is 2. The van der Waals surface area contributed by atoms with Crippen LogP contribution < -0.4 is 10.5 Å². The zero-order chi connectivity index (χ0) is 17.0. The van der Waals surface area contributed by atoms with Crippen LogP contribution in [0.1, 0.15) is 10.4 Å². The van der Waals surface area contributed by atoms with Crippen LogP contribution in [0.2, 0.25) is 5.02 Å². The summed E-state index contributed by atoms with van der Waals surface area (Å²) in [5.74, 6) is 0.116. The van der Waals surface area contributed by atoms with Gasteiger partial charge in [-0.3, -0.25) is 9.59 Å². The van der Waals surface area contributed by atoms with E-state index >= 15 is 0 Å². The Labute approximate surface area is 139 Å². The third-order valence-corrected chi connectivity index (χ3v) is 4.06. The van der Waals surface area contributed by atoms with Crippen LogP contribution in [0.25, 0.3) is 0 Å². The van der Waals surface area contributed by atoms with Gasteiger partial charge in [0.1, 0.15) is 12.4 Å². The molecule has 1 fully saturated rings. The summed E-state index contributed by atoms with van der Waals surface area (Å²) in [6.07, 6.45) is 0. The zero-order valence-corrected chi connectivity index (χ0v) is 13.9. The third kappa shape index (κ3) is 3.86. The van der Waals surface area contributed by atoms with Gasteiger partial charge in [0, 0.05) is 39.4 Å². The SMILES string of the molecule is COCC(=O)N1CCN(C(=O)c2cc(Cl)c(N)cc2OC)CC1. The lowest BCUT2D eigenvalue weighted by atomic mass is 10.1. The molecular weight excluding hydrogens is 322 g/mol. The van der Waals surface area contributed by atoms with E-state index in [1.807, 2.05) is 0 Å². The molecule has 0 radical (unpaired) electrons. The monoisotopic (exact) mass is 341 g/mol. The van der Waals surface area contributed by atoms with Crippen molar-refractivity contribution in [3.63, 3.8) is 0 Å². The molecule has 1 aromatic rings. The number of hydrogen-bond acceptors (Lipinski definition) is 5. The van der Waals surface area contributed by atoms with Gasteiger partial charge in [0.15, 0.2) is 0 Å². The van der Waals surface area contributed by atoms with Crippen LogP contribution in [-0.4, -0.2) is 68.6 Å². The Hall–Kier alpha value is -1.99. The number of methoxy groups -OCH3 is 2. The number of nitrogen functional groups attached to an aromatic ring is 1. The van der Waals surface area contributed by atoms with Gasteiger partial charge in [0.25, 0.3) is 5.91 Å². The first-order valence-electron chi connectivity index (χ1n) is 7.17. The van der Waals surface area contributed by atoms with Gasteiger partial charge < -0.3 is 25.0 Å². The average molecular weight is 342 g/mol. The summed E-state index contributed by atoms with van der Waals surface area (Å²) in [4.78, 5) is 27.8. The maximum atomic E-state index is 12.7. The van der Waals surface area contributed by atoms with E-state index in [0.29, 0.717) is 48.2 Å². The van der Waals surface area contributed by atoms with E-state index < -0.39 is 0 Å². The molecule has 23 heavy (non-hydrogen) atoms. The Kier molecular flexibility index (Phi) is 5.68. The zero-order valence-electron chi connectivity index (χ0n) is 13.2. The van der Waals surface area contributed by atoms with Gasteiger partial charge in [0.05, 0.1) is 23.4 Å². The van der Waals surface area contributed by atoms with E-state index in [0.717, 1.165) is 0 Å². The molecule has 126 valence electrons. The highest BCUT2D eigenvalue weighted by atomic mass is 35.5. The van der Waals surface area contributed by atoms with E-state index in [4.69, 9.17) is 26.8 Å². The van der Waals surface area contributed by atoms with E-state index in [-0.39, 0.29) is 18.4 Å². The van der Waals surface area contributed by atoms with Crippen molar-refractivity contribution in [2.45, 2.75) is 0 Å². The molecule has 0 saturated carbocycles. The fourth-order valence-corrected chi connectivity index (χ4v) is 2.61. The molecule has 2 N–H and O–H groups in total. The van der Waals surface area contributed by atoms with Crippen molar-refractivity contribution >= 4 is 29.1 Å². The summed E-state index contributed by atoms with van der Waals surface area (Å²) in [6, 6.07) is 3.05. The molecule has 0 aliphatic carbocycles. The van der Waals surface area contributed by atoms with Crippen molar-refractivity contribution in [3.05, 3.63) is 22.7 Å². The molecule has 1 aliphatic heterocycles. The number of nitrogens with two attached hydrogens (primary N) is 1. The quantitative estimate of drug-likeness (QED) is 0.821. The van der Waals surface area contributed by atoms with Gasteiger partial charge >= 0.3 is 0 Å². The topological polar surface area (TPSA) is 85.1 Å². The van der Waals surface area contributed by atoms with Crippen LogP contribution in [0, 0.1) is 0 Å². The van der Waals surface area contributed by atoms with Gasteiger partial charge in [-0.05, 0) is 6.07 Å². The van der Waals surface area contributed by atoms with Crippen LogP contribution in [0.5, 0.6) is 5.75 Å². The molecule has 0 bridgehead atoms. The second kappa shape index (κ2) is 7.52. The smallest absolute Gasteiger partial charge is 0.257 e. The first-order valence-corrected chi connectivity index (χ1v) is 7.54. The molecule has 1 aromatic carbocycles. The Morgan fingerprint density at radius 3 is 2.35 bits per heavy atom. The number of hydrogen-bond donors (Lipinski definition) is 1. The van der Waals surface area contributed by atoms with Crippen LogP contribution >= 0.6 is 11.6 Å². The predicted octanol–water partition coefficient (Wildman–Crippen LogP) is 0.862. The number of halogens is 1. The van der Waals surface area contributed by atoms with Crippen LogP contribution in [0.15, 0.2) is 12.1 Å². The van der Waals surface area contributed by atoms with Crippen molar-refractivity contribution in [1.82, 2.24) is 9.80 Å². The standard InChI is InChI=1S/C15H20ClN3O4/c1-22-9-14(20)18-3-5-19(6-4-18)15(21)10-7-11(16)12(17)8-13(10)23-2/h7-8H,3-6,9,17H2,1-2H3. The summed E-state index contributed by atoms with van der Waals surface area (Å²) in [5.41, 5.74) is 6.45. The molecule has 0 atom stereocenters. The van der Waals surface area contributed by atoms with E-state index in [1.54, 1.807) is 9.80 Å². The third-order valence-electron chi connectivity index (χ3n) is 3.74. The molecule has 0 unspecified atom stereocenters. The Balaban J connectivity index is 2.08. The maximum Gasteiger partial charge on any atom is 0.257 e. The second-order valence-corrected chi connectivity index (χ2v) is 5.59. The summed E-state index contributed by atoms with van der Waals surface area (Å²) in [5, 5.41) is 0.308. The van der Waals surface area contributed by atoms with E-state index in [2.05, 4.69) is 0 Å². The largest absolute Gasteiger partial charge is 0.496 e. The fraction of sp³-hybridized carbons (Fsp3) is 0.467. The predicted molar refractivity (Wildman–Crippen MR) is 86.8 cm³/mol. The molecule has 1 heterocycles. The number of nitrogens with zero attached hydrogens (tertiary/aromatic N) is 2. The minimum Gasteiger partial charge on any atom is -0.496 e. The first-order chi connectivity index (χ1) is 11.0. The number of anilines is 1. The van der Waals surface area contributed by atoms with Crippen molar-refractivity contribution in [2.24, 2.45) is 0 Å². The van der Waals surface area contributed by atoms with Gasteiger partial charge in [-0.1, -0.05) is 11.6 Å². The van der Waals surface area contributed by atoms with Gasteiger partial charge in [-0.25, -0.2) is 0 Å². The summed E-state index contributed by atoms with van der Waals surface area (Å²) in [7, 11) is 2.95. The average Bonchev–Trinajstić information content (AvgIpc) is 2.56. The Morgan fingerprint density at radius 1 is 1.17 bits per heavy atom. The summed E-state index contributed by atoms with van der Waals surface area (Å²) >= 11 is 6.01. The Morgan fingerprint density at radius 2 is 1.78 bits per heavy atom. The number of amides is 2. The van der Waals surface area contributed by atoms with E-state index in [1.165, 1.54) is 26.4 Å². The maximum absolute atomic E-state index is 12.7. The van der Waals surface area contributed by atoms with Gasteiger partial charge in [-0.15, -0.1) is 0 Å². The minimum absolute atomic E-state index is 0.0509. The molecular formula is C15H20ClN3O4. The normalized spacial score (nSPS) is 14.7. The van der Waals surface area contributed by atoms with Crippen molar-refractivity contribution in [2.75, 3.05) is 52.7 Å². The first kappa shape index (κ1) is 17.4. The molecule has 0 spiro atoms. The molecule has 1 aliphatic rings. The number of carbonyl (C=O) groups is 2. The van der Waals surface area contributed by atoms with Crippen LogP contribution in [0.3, 0.4) is 0 Å². The van der Waals surface area contributed by atoms with Crippen LogP contribution in [-0.2, 0) is 9.53 Å². The van der Waals surface area contributed by atoms with Crippen molar-refractivity contribution in [3.8, 4) is 5.75 Å². The molecule has 8 heteroatoms. The number of ether oxygens (including phenoxy) is 2. The number of piperazine rings is 1. The number of benzene rings is 1. The van der Waals surface area contributed by atoms with Crippen molar-refractivity contribution < 1.29 is 19.1 Å². The summed E-state index contributed by atoms with van der Waals surface area (Å²) in [6.45, 7) is 1.88. The van der Waals surface area contributed by atoms with Crippen LogP contribution in [0.4, 0.5) is 5.69 Å². The van der Waals surface area contributed by atoms with Gasteiger partial charge in [0.2, 0.25) is 5.91 Å². The summed E-state index contributed by atoms with van der Waals surface area (Å²) < 4.78 is 10.1. The Bertz CT molecular complexity index is 601. The highest BCUT2D eigenvalue weighted by molar-refractivity contribution is 6.33. The minimum atomic E-state index is -0.192. The van der Waals surface area contributed by atoms with E-state index in [9.17, 15) is 9.59 Å². The fourth-order valence-electron chi connectivity index (χ4n) is 2.45. The lowest BCUT2D eigenvalue weighted by Gasteiger charge is -2.35. The highest BCUT2D eigenvalue weighted by Gasteiger charge is 2.26. The highest BCUT2D eigenvalue weighted by Crippen LogP contribution is 2.30. The molecule has 1 saturated heterocycles. The lowest BCUT2D eigenvalue weighted by Crippen LogP contribution is -2.51. The molecule has 0 aromatic heterocycles. The van der Waals surface area contributed by atoms with Crippen molar-refractivity contribution in [1.29, 1.82) is 0 Å². The second-order valence-electron chi connectivity index (χ2n) is 5.18. The molecule has 7 nitrogen and oxygen atoms in total. The number of rotatable bonds is 4. The lowest BCUT2D eigenvalue weighted by molar-refractivity contribution is -0.136. The van der Waals surface area contributed by atoms with Gasteiger partial charge in [-0.2, -0.15) is 0 Å². The molecule has 2 amide bonds. The molecule has 2 rings (SSSR count).